The van der Waals surface area contributed by atoms with Crippen LogP contribution in [0.15, 0.2) is 60.7 Å². The molecule has 0 bridgehead atoms. The van der Waals surface area contributed by atoms with Crippen molar-refractivity contribution in [3.05, 3.63) is 71.8 Å². The number of nitrogens with one attached hydrogen (secondary N) is 1. The highest BCUT2D eigenvalue weighted by atomic mass is 16.5. The lowest BCUT2D eigenvalue weighted by molar-refractivity contribution is 0.0670. The molecule has 0 saturated carbocycles. The highest BCUT2D eigenvalue weighted by Crippen LogP contribution is 2.23. The van der Waals surface area contributed by atoms with E-state index in [1.54, 1.807) is 13.2 Å². The number of rotatable bonds is 7. The molecule has 5 heteroatoms. The van der Waals surface area contributed by atoms with Gasteiger partial charge in [0.1, 0.15) is 18.1 Å². The number of ether oxygens (including phenoxy) is 3. The molecule has 1 aliphatic heterocycles. The second-order valence-electron chi connectivity index (χ2n) is 7.17. The molecule has 1 unspecified atom stereocenters. The molecule has 1 heterocycles. The third-order valence-electron chi connectivity index (χ3n) is 5.15. The van der Waals surface area contributed by atoms with Gasteiger partial charge in [0.05, 0.1) is 18.8 Å². The summed E-state index contributed by atoms with van der Waals surface area (Å²) < 4.78 is 16.7. The van der Waals surface area contributed by atoms with Crippen LogP contribution < -0.4 is 14.8 Å². The molecule has 5 nitrogen and oxygen atoms in total. The van der Waals surface area contributed by atoms with Gasteiger partial charge in [-0.3, -0.25) is 4.79 Å². The first-order valence-electron chi connectivity index (χ1n) is 9.91. The summed E-state index contributed by atoms with van der Waals surface area (Å²) in [6.07, 6.45) is 2.18. The molecule has 1 N–H and O–H groups in total. The van der Waals surface area contributed by atoms with Crippen molar-refractivity contribution < 1.29 is 19.0 Å². The molecule has 4 rings (SSSR count). The summed E-state index contributed by atoms with van der Waals surface area (Å²) in [7, 11) is 1.66. The average molecular weight is 391 g/mol. The van der Waals surface area contributed by atoms with Crippen LogP contribution in [0.4, 0.5) is 0 Å². The van der Waals surface area contributed by atoms with Gasteiger partial charge in [-0.05, 0) is 59.5 Å². The number of carbonyl (C=O) groups is 1. The van der Waals surface area contributed by atoms with E-state index in [-0.39, 0.29) is 12.0 Å². The Morgan fingerprint density at radius 1 is 1.10 bits per heavy atom. The van der Waals surface area contributed by atoms with Gasteiger partial charge in [0, 0.05) is 13.2 Å². The van der Waals surface area contributed by atoms with Crippen molar-refractivity contribution in [3.8, 4) is 11.5 Å². The third-order valence-corrected chi connectivity index (χ3v) is 5.15. The van der Waals surface area contributed by atoms with Crippen LogP contribution in [0, 0.1) is 0 Å². The first kappa shape index (κ1) is 19.3. The van der Waals surface area contributed by atoms with Crippen LogP contribution in [0.1, 0.15) is 28.8 Å². The summed E-state index contributed by atoms with van der Waals surface area (Å²) in [6, 6.07) is 19.4. The highest BCUT2D eigenvalue weighted by Gasteiger charge is 2.18. The van der Waals surface area contributed by atoms with Crippen LogP contribution in [-0.4, -0.2) is 32.3 Å². The number of benzene rings is 3. The normalized spacial score (nSPS) is 16.0. The topological polar surface area (TPSA) is 56.8 Å². The van der Waals surface area contributed by atoms with Crippen molar-refractivity contribution in [1.82, 2.24) is 5.32 Å². The number of para-hydroxylation sites is 1. The van der Waals surface area contributed by atoms with Gasteiger partial charge in [0.2, 0.25) is 0 Å². The summed E-state index contributed by atoms with van der Waals surface area (Å²) in [4.78, 5) is 12.7. The van der Waals surface area contributed by atoms with Gasteiger partial charge >= 0.3 is 0 Å². The van der Waals surface area contributed by atoms with E-state index >= 15 is 0 Å². The van der Waals surface area contributed by atoms with E-state index in [0.717, 1.165) is 41.5 Å². The van der Waals surface area contributed by atoms with Gasteiger partial charge in [-0.25, -0.2) is 0 Å². The largest absolute Gasteiger partial charge is 0.497 e. The first-order chi connectivity index (χ1) is 14.2. The fourth-order valence-corrected chi connectivity index (χ4v) is 3.53. The molecule has 0 aromatic heterocycles. The second kappa shape index (κ2) is 8.97. The minimum Gasteiger partial charge on any atom is -0.497 e. The summed E-state index contributed by atoms with van der Waals surface area (Å²) >= 11 is 0. The summed E-state index contributed by atoms with van der Waals surface area (Å²) in [5, 5.41) is 5.21. The van der Waals surface area contributed by atoms with Crippen molar-refractivity contribution in [1.29, 1.82) is 0 Å². The van der Waals surface area contributed by atoms with E-state index in [2.05, 4.69) is 11.4 Å². The van der Waals surface area contributed by atoms with Crippen molar-refractivity contribution >= 4 is 16.7 Å². The minimum absolute atomic E-state index is 0.113. The van der Waals surface area contributed by atoms with E-state index in [0.29, 0.717) is 24.5 Å². The maximum atomic E-state index is 12.7. The number of fused-ring (bicyclic) bond motifs is 1. The molecule has 1 saturated heterocycles. The van der Waals surface area contributed by atoms with Crippen LogP contribution in [0.5, 0.6) is 11.5 Å². The zero-order valence-corrected chi connectivity index (χ0v) is 16.5. The molecule has 150 valence electrons. The minimum atomic E-state index is -0.150. The van der Waals surface area contributed by atoms with Gasteiger partial charge in [0.15, 0.2) is 0 Å². The fourth-order valence-electron chi connectivity index (χ4n) is 3.53. The molecule has 29 heavy (non-hydrogen) atoms. The number of hydrogen-bond acceptors (Lipinski definition) is 4. The third kappa shape index (κ3) is 4.69. The molecule has 0 aliphatic carbocycles. The number of amides is 1. The molecule has 1 amide bonds. The Balaban J connectivity index is 1.41. The number of methoxy groups -OCH3 is 1. The lowest BCUT2D eigenvalue weighted by Crippen LogP contribution is -2.24. The molecule has 1 atom stereocenters. The van der Waals surface area contributed by atoms with Crippen molar-refractivity contribution in [2.45, 2.75) is 25.5 Å². The SMILES string of the molecule is COc1ccc2cc(CNC(=O)c3ccccc3OCC3CCCO3)ccc2c1. The number of carbonyl (C=O) groups excluding carboxylic acids is 1. The molecular weight excluding hydrogens is 366 g/mol. The van der Waals surface area contributed by atoms with Crippen LogP contribution in [-0.2, 0) is 11.3 Å². The van der Waals surface area contributed by atoms with Crippen LogP contribution in [0.2, 0.25) is 0 Å². The predicted octanol–water partition coefficient (Wildman–Crippen LogP) is 4.34. The van der Waals surface area contributed by atoms with Gasteiger partial charge < -0.3 is 19.5 Å². The van der Waals surface area contributed by atoms with Crippen molar-refractivity contribution in [2.75, 3.05) is 20.3 Å². The Bertz CT molecular complexity index is 995. The molecule has 1 aliphatic rings. The molecule has 1 fully saturated rings. The predicted molar refractivity (Wildman–Crippen MR) is 113 cm³/mol. The van der Waals surface area contributed by atoms with Crippen LogP contribution in [0.25, 0.3) is 10.8 Å². The van der Waals surface area contributed by atoms with Crippen molar-refractivity contribution in [3.63, 3.8) is 0 Å². The van der Waals surface area contributed by atoms with E-state index in [1.807, 2.05) is 48.5 Å². The van der Waals surface area contributed by atoms with E-state index in [4.69, 9.17) is 14.2 Å². The molecule has 3 aromatic carbocycles. The van der Waals surface area contributed by atoms with Gasteiger partial charge in [-0.1, -0.05) is 30.3 Å². The monoisotopic (exact) mass is 391 g/mol. The summed E-state index contributed by atoms with van der Waals surface area (Å²) in [5.41, 5.74) is 1.57. The summed E-state index contributed by atoms with van der Waals surface area (Å²) in [5.74, 6) is 1.27. The Morgan fingerprint density at radius 3 is 2.76 bits per heavy atom. The highest BCUT2D eigenvalue weighted by molar-refractivity contribution is 5.97. The Kier molecular flexibility index (Phi) is 5.96. The molecular formula is C24H25NO4. The molecule has 0 radical (unpaired) electrons. The van der Waals surface area contributed by atoms with Gasteiger partial charge in [-0.2, -0.15) is 0 Å². The maximum Gasteiger partial charge on any atom is 0.255 e. The Hall–Kier alpha value is -3.05. The second-order valence-corrected chi connectivity index (χ2v) is 7.17. The Labute approximate surface area is 170 Å². The fraction of sp³-hybridized carbons (Fsp3) is 0.292. The smallest absolute Gasteiger partial charge is 0.255 e. The quantitative estimate of drug-likeness (QED) is 0.651. The van der Waals surface area contributed by atoms with Gasteiger partial charge in [-0.15, -0.1) is 0 Å². The molecule has 3 aromatic rings. The average Bonchev–Trinajstić information content (AvgIpc) is 3.29. The zero-order chi connectivity index (χ0) is 20.1. The first-order valence-corrected chi connectivity index (χ1v) is 9.91. The van der Waals surface area contributed by atoms with E-state index < -0.39 is 0 Å². The lowest BCUT2D eigenvalue weighted by atomic mass is 10.1. The van der Waals surface area contributed by atoms with E-state index in [9.17, 15) is 4.79 Å². The van der Waals surface area contributed by atoms with Crippen LogP contribution >= 0.6 is 0 Å². The van der Waals surface area contributed by atoms with Gasteiger partial charge in [0.25, 0.3) is 5.91 Å². The summed E-state index contributed by atoms with van der Waals surface area (Å²) in [6.45, 7) is 1.70. The van der Waals surface area contributed by atoms with Crippen molar-refractivity contribution in [2.24, 2.45) is 0 Å². The Morgan fingerprint density at radius 2 is 1.93 bits per heavy atom. The van der Waals surface area contributed by atoms with Crippen LogP contribution in [0.3, 0.4) is 0 Å². The zero-order valence-electron chi connectivity index (χ0n) is 16.5. The molecule has 0 spiro atoms. The lowest BCUT2D eigenvalue weighted by Gasteiger charge is -2.14. The van der Waals surface area contributed by atoms with E-state index in [1.165, 1.54) is 0 Å². The maximum absolute atomic E-state index is 12.7. The number of hydrogen-bond donors (Lipinski definition) is 1. The standard InChI is InChI=1S/C24H25NO4/c1-27-20-11-10-18-13-17(8-9-19(18)14-20)15-25-24(26)22-6-2-3-7-23(22)29-16-21-5-4-12-28-21/h2-3,6-11,13-14,21H,4-5,12,15-16H2,1H3,(H,25,26).